The predicted octanol–water partition coefficient (Wildman–Crippen LogP) is 1.33. The van der Waals surface area contributed by atoms with Crippen LogP contribution in [0, 0.1) is 5.92 Å². The molecule has 5 nitrogen and oxygen atoms in total. The summed E-state index contributed by atoms with van der Waals surface area (Å²) in [5.74, 6) is -1.51. The lowest BCUT2D eigenvalue weighted by atomic mass is 10.0. The van der Waals surface area contributed by atoms with Gasteiger partial charge in [-0.25, -0.2) is 0 Å². The Morgan fingerprint density at radius 2 is 1.90 bits per heavy atom. The molecule has 0 aliphatic heterocycles. The summed E-state index contributed by atoms with van der Waals surface area (Å²) in [5, 5.41) is 10.9. The minimum atomic E-state index is -1.09. The number of carboxylic acid groups (broad SMARTS) is 1. The minimum Gasteiger partial charge on any atom is -0.480 e. The van der Waals surface area contributed by atoms with Crippen molar-refractivity contribution in [2.24, 2.45) is 5.92 Å². The lowest BCUT2D eigenvalue weighted by Crippen LogP contribution is -2.36. The monoisotopic (exact) mass is 295 g/mol. The smallest absolute Gasteiger partial charge is 0.322 e. The van der Waals surface area contributed by atoms with Crippen molar-refractivity contribution in [3.05, 3.63) is 35.9 Å². The van der Waals surface area contributed by atoms with E-state index in [4.69, 9.17) is 5.11 Å². The Kier molecular flexibility index (Phi) is 6.79. The van der Waals surface area contributed by atoms with Gasteiger partial charge in [-0.1, -0.05) is 42.1 Å². The molecule has 0 fully saturated rings. The third-order valence-corrected chi connectivity index (χ3v) is 3.57. The molecule has 1 amide bonds. The summed E-state index contributed by atoms with van der Waals surface area (Å²) in [6.07, 6.45) is 0.479. The molecule has 6 heteroatoms. The lowest BCUT2D eigenvalue weighted by molar-refractivity contribution is -0.138. The highest BCUT2D eigenvalue weighted by Gasteiger charge is 2.20. The molecule has 0 aromatic heterocycles. The first-order chi connectivity index (χ1) is 9.49. The zero-order valence-electron chi connectivity index (χ0n) is 11.2. The van der Waals surface area contributed by atoms with E-state index < -0.39 is 18.4 Å². The van der Waals surface area contributed by atoms with Crippen LogP contribution >= 0.6 is 11.8 Å². The van der Waals surface area contributed by atoms with Crippen LogP contribution in [0.25, 0.3) is 0 Å². The second-order valence-electron chi connectivity index (χ2n) is 4.30. The van der Waals surface area contributed by atoms with Crippen molar-refractivity contribution in [1.82, 2.24) is 5.32 Å². The maximum absolute atomic E-state index is 12.0. The van der Waals surface area contributed by atoms with E-state index in [0.717, 1.165) is 17.3 Å². The molecule has 108 valence electrons. The molecule has 0 aliphatic rings. The van der Waals surface area contributed by atoms with Crippen LogP contribution in [0.4, 0.5) is 0 Å². The van der Waals surface area contributed by atoms with Crippen molar-refractivity contribution >= 4 is 28.8 Å². The van der Waals surface area contributed by atoms with Crippen LogP contribution in [0.15, 0.2) is 30.3 Å². The molecule has 1 aromatic carbocycles. The zero-order valence-corrected chi connectivity index (χ0v) is 12.0. The van der Waals surface area contributed by atoms with Crippen molar-refractivity contribution in [2.45, 2.75) is 13.3 Å². The lowest BCUT2D eigenvalue weighted by Gasteiger charge is -2.15. The quantitative estimate of drug-likeness (QED) is 0.793. The summed E-state index contributed by atoms with van der Waals surface area (Å²) in [6.45, 7) is 1.04. The Bertz CT molecular complexity index is 475. The Labute approximate surface area is 121 Å². The van der Waals surface area contributed by atoms with Crippen LogP contribution in [-0.4, -0.2) is 34.4 Å². The highest BCUT2D eigenvalue weighted by Crippen LogP contribution is 2.15. The van der Waals surface area contributed by atoms with Gasteiger partial charge in [0.25, 0.3) is 0 Å². The average Bonchev–Trinajstić information content (AvgIpc) is 2.41. The number of hydrogen-bond acceptors (Lipinski definition) is 4. The third kappa shape index (κ3) is 6.38. The zero-order chi connectivity index (χ0) is 15.0. The number of carbonyl (C=O) groups excluding carboxylic acids is 2. The average molecular weight is 295 g/mol. The van der Waals surface area contributed by atoms with E-state index in [-0.39, 0.29) is 11.0 Å². The van der Waals surface area contributed by atoms with E-state index in [1.807, 2.05) is 30.3 Å². The van der Waals surface area contributed by atoms with Crippen LogP contribution < -0.4 is 5.32 Å². The van der Waals surface area contributed by atoms with E-state index in [9.17, 15) is 14.4 Å². The molecule has 0 bridgehead atoms. The van der Waals surface area contributed by atoms with Crippen molar-refractivity contribution in [3.8, 4) is 0 Å². The fourth-order valence-electron chi connectivity index (χ4n) is 1.65. The first-order valence-electron chi connectivity index (χ1n) is 6.16. The molecule has 2 N–H and O–H groups in total. The largest absolute Gasteiger partial charge is 0.480 e. The molecule has 0 spiro atoms. The van der Waals surface area contributed by atoms with Gasteiger partial charge in [-0.2, -0.15) is 0 Å². The van der Waals surface area contributed by atoms with Gasteiger partial charge in [0, 0.05) is 12.7 Å². The van der Waals surface area contributed by atoms with E-state index in [0.29, 0.717) is 12.2 Å². The molecule has 0 aliphatic carbocycles. The molecule has 1 aromatic rings. The van der Waals surface area contributed by atoms with Crippen LogP contribution in [0.2, 0.25) is 0 Å². The standard InChI is InChI=1S/C14H17NO4S/c1-10(16)20-9-12(14(19)15-8-13(17)18)7-11-5-3-2-4-6-11/h2-6,12H,7-9H2,1H3,(H,15,19)(H,17,18)/t12-/m1/s1. The first-order valence-corrected chi connectivity index (χ1v) is 7.14. The van der Waals surface area contributed by atoms with Gasteiger partial charge in [0.15, 0.2) is 5.12 Å². The van der Waals surface area contributed by atoms with Gasteiger partial charge in [0.2, 0.25) is 5.91 Å². The molecule has 0 unspecified atom stereocenters. The van der Waals surface area contributed by atoms with Crippen molar-refractivity contribution in [3.63, 3.8) is 0 Å². The van der Waals surface area contributed by atoms with E-state index >= 15 is 0 Å². The summed E-state index contributed by atoms with van der Waals surface area (Å²) < 4.78 is 0. The van der Waals surface area contributed by atoms with Gasteiger partial charge in [0.05, 0.1) is 5.92 Å². The molecule has 0 radical (unpaired) electrons. The molecule has 20 heavy (non-hydrogen) atoms. The van der Waals surface area contributed by atoms with Crippen LogP contribution in [-0.2, 0) is 20.8 Å². The molecule has 1 atom stereocenters. The van der Waals surface area contributed by atoms with Gasteiger partial charge >= 0.3 is 5.97 Å². The summed E-state index contributed by atoms with van der Waals surface area (Å²) in [6, 6.07) is 9.43. The molecule has 0 heterocycles. The number of carboxylic acids is 1. The number of rotatable bonds is 7. The summed E-state index contributed by atoms with van der Waals surface area (Å²) >= 11 is 1.07. The predicted molar refractivity (Wildman–Crippen MR) is 77.4 cm³/mol. The highest BCUT2D eigenvalue weighted by atomic mass is 32.2. The summed E-state index contributed by atoms with van der Waals surface area (Å²) in [7, 11) is 0. The summed E-state index contributed by atoms with van der Waals surface area (Å²) in [5.41, 5.74) is 0.979. The van der Waals surface area contributed by atoms with Gasteiger partial charge in [-0.05, 0) is 12.0 Å². The summed E-state index contributed by atoms with van der Waals surface area (Å²) in [4.78, 5) is 33.5. The number of nitrogens with one attached hydrogen (secondary N) is 1. The normalized spacial score (nSPS) is 11.7. The second-order valence-corrected chi connectivity index (χ2v) is 5.50. The number of amides is 1. The van der Waals surface area contributed by atoms with Gasteiger partial charge < -0.3 is 10.4 Å². The van der Waals surface area contributed by atoms with Crippen molar-refractivity contribution in [2.75, 3.05) is 12.3 Å². The van der Waals surface area contributed by atoms with Gasteiger partial charge in [-0.3, -0.25) is 14.4 Å². The van der Waals surface area contributed by atoms with E-state index in [1.165, 1.54) is 6.92 Å². The van der Waals surface area contributed by atoms with Crippen molar-refractivity contribution in [1.29, 1.82) is 0 Å². The molecule has 0 saturated heterocycles. The van der Waals surface area contributed by atoms with Crippen LogP contribution in [0.1, 0.15) is 12.5 Å². The molecule has 0 saturated carbocycles. The van der Waals surface area contributed by atoms with Crippen LogP contribution in [0.5, 0.6) is 0 Å². The Morgan fingerprint density at radius 1 is 1.25 bits per heavy atom. The molecular weight excluding hydrogens is 278 g/mol. The number of aliphatic carboxylic acids is 1. The Morgan fingerprint density at radius 3 is 2.45 bits per heavy atom. The number of benzene rings is 1. The maximum atomic E-state index is 12.0. The molecule has 1 rings (SSSR count). The van der Waals surface area contributed by atoms with E-state index in [1.54, 1.807) is 0 Å². The Balaban J connectivity index is 2.66. The number of hydrogen-bond donors (Lipinski definition) is 2. The SMILES string of the molecule is CC(=O)SC[C@@H](Cc1ccccc1)C(=O)NCC(=O)O. The van der Waals surface area contributed by atoms with Crippen LogP contribution in [0.3, 0.4) is 0 Å². The Hall–Kier alpha value is -1.82. The van der Waals surface area contributed by atoms with E-state index in [2.05, 4.69) is 5.32 Å². The number of carbonyl (C=O) groups is 3. The third-order valence-electron chi connectivity index (χ3n) is 2.60. The van der Waals surface area contributed by atoms with Gasteiger partial charge in [0.1, 0.15) is 6.54 Å². The fourth-order valence-corrected chi connectivity index (χ4v) is 2.36. The molecular formula is C14H17NO4S. The topological polar surface area (TPSA) is 83.5 Å². The maximum Gasteiger partial charge on any atom is 0.322 e. The van der Waals surface area contributed by atoms with Crippen molar-refractivity contribution < 1.29 is 19.5 Å². The number of thioether (sulfide) groups is 1. The van der Waals surface area contributed by atoms with Gasteiger partial charge in [-0.15, -0.1) is 0 Å². The highest BCUT2D eigenvalue weighted by molar-refractivity contribution is 8.13. The fraction of sp³-hybridized carbons (Fsp3) is 0.357. The first kappa shape index (κ1) is 16.2. The minimum absolute atomic E-state index is 0.0610. The second kappa shape index (κ2) is 8.37.